The van der Waals surface area contributed by atoms with Crippen LogP contribution in [0.3, 0.4) is 0 Å². The molecule has 4 N–H and O–H groups in total. The molecule has 0 unspecified atom stereocenters. The molecule has 2 nitrogen and oxygen atoms in total. The molecule has 0 amide bonds. The molecule has 0 aliphatic heterocycles. The van der Waals surface area contributed by atoms with Crippen LogP contribution in [0.5, 0.6) is 0 Å². The molecule has 0 bridgehead atoms. The molecule has 0 saturated heterocycles. The SMILES string of the molecule is NCCC1(CN)CCCC1. The second-order valence-corrected chi connectivity index (χ2v) is 3.45. The van der Waals surface area contributed by atoms with Gasteiger partial charge in [0, 0.05) is 0 Å². The van der Waals surface area contributed by atoms with Gasteiger partial charge in [0.25, 0.3) is 0 Å². The van der Waals surface area contributed by atoms with Gasteiger partial charge in [0.15, 0.2) is 0 Å². The van der Waals surface area contributed by atoms with Crippen molar-refractivity contribution >= 4 is 0 Å². The van der Waals surface area contributed by atoms with Crippen LogP contribution in [0.1, 0.15) is 32.1 Å². The maximum absolute atomic E-state index is 5.70. The van der Waals surface area contributed by atoms with E-state index in [1.165, 1.54) is 25.7 Å². The molecule has 0 spiro atoms. The molecule has 1 aliphatic carbocycles. The fourth-order valence-corrected chi connectivity index (χ4v) is 1.99. The monoisotopic (exact) mass is 142 g/mol. The minimum atomic E-state index is 0.439. The van der Waals surface area contributed by atoms with E-state index >= 15 is 0 Å². The van der Waals surface area contributed by atoms with Gasteiger partial charge in [-0.1, -0.05) is 12.8 Å². The van der Waals surface area contributed by atoms with E-state index < -0.39 is 0 Å². The highest BCUT2D eigenvalue weighted by Gasteiger charge is 2.30. The number of nitrogens with two attached hydrogens (primary N) is 2. The highest BCUT2D eigenvalue weighted by Crippen LogP contribution is 2.39. The van der Waals surface area contributed by atoms with Crippen molar-refractivity contribution in [3.8, 4) is 0 Å². The van der Waals surface area contributed by atoms with Gasteiger partial charge in [-0.2, -0.15) is 0 Å². The molecule has 60 valence electrons. The summed E-state index contributed by atoms with van der Waals surface area (Å²) in [5, 5.41) is 0. The summed E-state index contributed by atoms with van der Waals surface area (Å²) in [6.45, 7) is 1.64. The maximum Gasteiger partial charge on any atom is -0.00201 e. The summed E-state index contributed by atoms with van der Waals surface area (Å²) in [4.78, 5) is 0. The van der Waals surface area contributed by atoms with Crippen LogP contribution >= 0.6 is 0 Å². The lowest BCUT2D eigenvalue weighted by atomic mass is 9.83. The zero-order chi connectivity index (χ0) is 7.45. The van der Waals surface area contributed by atoms with Crippen LogP contribution in [0.2, 0.25) is 0 Å². The minimum absolute atomic E-state index is 0.439. The lowest BCUT2D eigenvalue weighted by Gasteiger charge is -2.25. The molecule has 0 radical (unpaired) electrons. The van der Waals surface area contributed by atoms with E-state index in [0.29, 0.717) is 5.41 Å². The van der Waals surface area contributed by atoms with Gasteiger partial charge in [-0.15, -0.1) is 0 Å². The van der Waals surface area contributed by atoms with Gasteiger partial charge in [-0.3, -0.25) is 0 Å². The number of hydrogen-bond donors (Lipinski definition) is 2. The Balaban J connectivity index is 2.41. The predicted octanol–water partition coefficient (Wildman–Crippen LogP) is 0.854. The third-order valence-electron chi connectivity index (χ3n) is 2.77. The molecule has 0 aromatic rings. The maximum atomic E-state index is 5.70. The summed E-state index contributed by atoms with van der Waals surface area (Å²) in [5.74, 6) is 0. The van der Waals surface area contributed by atoms with E-state index in [-0.39, 0.29) is 0 Å². The standard InChI is InChI=1S/C8H18N2/c9-6-5-8(7-10)3-1-2-4-8/h1-7,9-10H2. The lowest BCUT2D eigenvalue weighted by molar-refractivity contribution is 0.288. The second kappa shape index (κ2) is 3.35. The molecule has 1 rings (SSSR count). The van der Waals surface area contributed by atoms with Gasteiger partial charge in [-0.25, -0.2) is 0 Å². The van der Waals surface area contributed by atoms with E-state index in [1.54, 1.807) is 0 Å². The highest BCUT2D eigenvalue weighted by molar-refractivity contribution is 4.85. The minimum Gasteiger partial charge on any atom is -0.330 e. The lowest BCUT2D eigenvalue weighted by Crippen LogP contribution is -2.29. The molecular weight excluding hydrogens is 124 g/mol. The van der Waals surface area contributed by atoms with Crippen LogP contribution in [-0.2, 0) is 0 Å². The Hall–Kier alpha value is -0.0800. The molecule has 1 aliphatic rings. The van der Waals surface area contributed by atoms with Crippen molar-refractivity contribution in [2.24, 2.45) is 16.9 Å². The molecule has 0 atom stereocenters. The first kappa shape index (κ1) is 8.02. The molecule has 0 aromatic carbocycles. The van der Waals surface area contributed by atoms with E-state index in [0.717, 1.165) is 19.5 Å². The van der Waals surface area contributed by atoms with Crippen molar-refractivity contribution in [1.29, 1.82) is 0 Å². The van der Waals surface area contributed by atoms with E-state index in [9.17, 15) is 0 Å². The van der Waals surface area contributed by atoms with Gasteiger partial charge in [0.05, 0.1) is 0 Å². The quantitative estimate of drug-likeness (QED) is 0.614. The third kappa shape index (κ3) is 1.50. The highest BCUT2D eigenvalue weighted by atomic mass is 14.6. The first-order valence-corrected chi connectivity index (χ1v) is 4.23. The zero-order valence-corrected chi connectivity index (χ0v) is 6.60. The average molecular weight is 142 g/mol. The van der Waals surface area contributed by atoms with Crippen LogP contribution in [0.15, 0.2) is 0 Å². The van der Waals surface area contributed by atoms with Crippen molar-refractivity contribution in [3.63, 3.8) is 0 Å². The van der Waals surface area contributed by atoms with Gasteiger partial charge < -0.3 is 11.5 Å². The van der Waals surface area contributed by atoms with Crippen molar-refractivity contribution in [3.05, 3.63) is 0 Å². The Morgan fingerprint density at radius 1 is 1.10 bits per heavy atom. The van der Waals surface area contributed by atoms with Crippen molar-refractivity contribution < 1.29 is 0 Å². The van der Waals surface area contributed by atoms with Crippen molar-refractivity contribution in [2.45, 2.75) is 32.1 Å². The predicted molar refractivity (Wildman–Crippen MR) is 43.6 cm³/mol. The summed E-state index contributed by atoms with van der Waals surface area (Å²) in [7, 11) is 0. The fraction of sp³-hybridized carbons (Fsp3) is 1.00. The van der Waals surface area contributed by atoms with E-state index in [1.807, 2.05) is 0 Å². The largest absolute Gasteiger partial charge is 0.330 e. The number of rotatable bonds is 3. The van der Waals surface area contributed by atoms with E-state index in [2.05, 4.69) is 0 Å². The Bertz CT molecular complexity index is 95.4. The first-order chi connectivity index (χ1) is 4.83. The Morgan fingerprint density at radius 2 is 1.70 bits per heavy atom. The smallest absolute Gasteiger partial charge is 0.00201 e. The van der Waals surface area contributed by atoms with Gasteiger partial charge in [0.2, 0.25) is 0 Å². The number of hydrogen-bond acceptors (Lipinski definition) is 2. The average Bonchev–Trinajstić information content (AvgIpc) is 2.39. The summed E-state index contributed by atoms with van der Waals surface area (Å²) in [6, 6.07) is 0. The molecule has 0 heterocycles. The van der Waals surface area contributed by atoms with Gasteiger partial charge >= 0.3 is 0 Å². The summed E-state index contributed by atoms with van der Waals surface area (Å²) < 4.78 is 0. The molecule has 1 fully saturated rings. The van der Waals surface area contributed by atoms with Crippen LogP contribution < -0.4 is 11.5 Å². The Labute approximate surface area is 63.0 Å². The molecular formula is C8H18N2. The Morgan fingerprint density at radius 3 is 2.10 bits per heavy atom. The Kier molecular flexibility index (Phi) is 2.69. The van der Waals surface area contributed by atoms with Crippen molar-refractivity contribution in [1.82, 2.24) is 0 Å². The van der Waals surface area contributed by atoms with Crippen LogP contribution in [0, 0.1) is 5.41 Å². The fourth-order valence-electron chi connectivity index (χ4n) is 1.99. The zero-order valence-electron chi connectivity index (χ0n) is 6.60. The van der Waals surface area contributed by atoms with E-state index in [4.69, 9.17) is 11.5 Å². The van der Waals surface area contributed by atoms with Crippen LogP contribution in [0.25, 0.3) is 0 Å². The second-order valence-electron chi connectivity index (χ2n) is 3.45. The van der Waals surface area contributed by atoms with Gasteiger partial charge in [0.1, 0.15) is 0 Å². The summed E-state index contributed by atoms with van der Waals surface area (Å²) in [5.41, 5.74) is 11.7. The molecule has 0 aromatic heterocycles. The first-order valence-electron chi connectivity index (χ1n) is 4.23. The summed E-state index contributed by atoms with van der Waals surface area (Å²) >= 11 is 0. The molecule has 1 saturated carbocycles. The topological polar surface area (TPSA) is 52.0 Å². The molecule has 2 heteroatoms. The molecule has 10 heavy (non-hydrogen) atoms. The summed E-state index contributed by atoms with van der Waals surface area (Å²) in [6.07, 6.45) is 6.46. The normalized spacial score (nSPS) is 23.4. The van der Waals surface area contributed by atoms with Crippen molar-refractivity contribution in [2.75, 3.05) is 13.1 Å². The van der Waals surface area contributed by atoms with Crippen LogP contribution in [0.4, 0.5) is 0 Å². The van der Waals surface area contributed by atoms with Crippen LogP contribution in [-0.4, -0.2) is 13.1 Å². The van der Waals surface area contributed by atoms with Gasteiger partial charge in [-0.05, 0) is 37.8 Å². The third-order valence-corrected chi connectivity index (χ3v) is 2.77.